The van der Waals surface area contributed by atoms with Gasteiger partial charge in [0.05, 0.1) is 0 Å². The predicted molar refractivity (Wildman–Crippen MR) is 43.9 cm³/mol. The summed E-state index contributed by atoms with van der Waals surface area (Å²) in [5, 5.41) is 0. The van der Waals surface area contributed by atoms with Crippen LogP contribution in [0.25, 0.3) is 0 Å². The van der Waals surface area contributed by atoms with E-state index in [2.05, 4.69) is 22.4 Å². The maximum atomic E-state index is 3.44. The number of hydrogen-bond acceptors (Lipinski definition) is 0. The molecule has 0 amide bonds. The van der Waals surface area contributed by atoms with Crippen molar-refractivity contribution < 1.29 is 0 Å². The van der Waals surface area contributed by atoms with Crippen LogP contribution in [-0.4, -0.2) is 71.8 Å². The Morgan fingerprint density at radius 1 is 1.20 bits per heavy atom. The Balaban J connectivity index is -0.00000000167. The minimum Gasteiger partial charge on any atom is -0.0149 e. The third-order valence-electron chi connectivity index (χ3n) is 0. The second-order valence-corrected chi connectivity index (χ2v) is 0. The summed E-state index contributed by atoms with van der Waals surface area (Å²) in [6.07, 6.45) is 0. The predicted octanol–water partition coefficient (Wildman–Crippen LogP) is -3.34. The zero-order valence-corrected chi connectivity index (χ0v) is 3.07. The Morgan fingerprint density at radius 2 is 1.20 bits per heavy atom. The maximum absolute atomic E-state index is 3.44. The second kappa shape index (κ2) is 30.0. The standard InChI is InChI=1S/Al.Ga.In.P.H4Si.6H/h;;;;1H4;;;;;;. The first-order valence-electron chi connectivity index (χ1n) is 0.258. The third-order valence-corrected chi connectivity index (χ3v) is 0. The fraction of sp³-hybridized carbons (Fsp3) is 0. The van der Waals surface area contributed by atoms with Crippen LogP contribution in [0.1, 0.15) is 0 Å². The summed E-state index contributed by atoms with van der Waals surface area (Å²) >= 11 is 2.11. The molecule has 0 aliphatic carbocycles. The minimum atomic E-state index is 0. The fourth-order valence-corrected chi connectivity index (χ4v) is 0. The van der Waals surface area contributed by atoms with Crippen molar-refractivity contribution in [3.8, 4) is 0 Å². The average Bonchev–Trinajstić information content (AvgIpc) is 1.00. The quantitative estimate of drug-likeness (QED) is 0.322. The fourth-order valence-electron chi connectivity index (χ4n) is 0. The molecule has 0 rings (SSSR count). The van der Waals surface area contributed by atoms with Gasteiger partial charge in [-0.25, -0.2) is 0 Å². The molecule has 5 heteroatoms. The molecule has 0 unspecified atom stereocenters. The number of hydrogen-bond donors (Lipinski definition) is 0. The summed E-state index contributed by atoms with van der Waals surface area (Å²) in [6, 6.07) is 0. The second-order valence-electron chi connectivity index (χ2n) is 0. The molecule has 0 fully saturated rings. The van der Waals surface area contributed by atoms with Crippen LogP contribution in [0.4, 0.5) is 0 Å². The van der Waals surface area contributed by atoms with Crippen molar-refractivity contribution in [2.24, 2.45) is 0 Å². The molecule has 0 nitrogen and oxygen atoms in total. The van der Waals surface area contributed by atoms with Crippen molar-refractivity contribution in [3.63, 3.8) is 0 Å². The van der Waals surface area contributed by atoms with Crippen molar-refractivity contribution in [1.82, 2.24) is 0 Å². The molecule has 0 spiro atoms. The first-order valence-corrected chi connectivity index (χ1v) is 2.32. The molecule has 0 bridgehead atoms. The molecule has 0 aromatic carbocycles. The van der Waals surface area contributed by atoms with Crippen LogP contribution < -0.4 is 0 Å². The van der Waals surface area contributed by atoms with E-state index in [9.17, 15) is 0 Å². The van der Waals surface area contributed by atoms with Gasteiger partial charge in [0.15, 0.2) is 0 Å². The summed E-state index contributed by atoms with van der Waals surface area (Å²) in [5.41, 5.74) is 0. The molecule has 0 aliphatic rings. The van der Waals surface area contributed by atoms with Gasteiger partial charge in [0.25, 0.3) is 0 Å². The molecule has 0 saturated heterocycles. The van der Waals surface area contributed by atoms with Gasteiger partial charge >= 0.3 is 68.0 Å². The molecule has 0 heterocycles. The molecular weight excluding hydrogens is 271 g/mol. The van der Waals surface area contributed by atoms with Gasteiger partial charge in [0, 0.05) is 0 Å². The summed E-state index contributed by atoms with van der Waals surface area (Å²) in [6.45, 7) is 0. The topological polar surface area (TPSA) is 0 Å². The molecular formula is H10AlGaInPSi. The SMILES string of the molecule is [Al]#[P].[GaH3].[InH3].[SiH4]. The van der Waals surface area contributed by atoms with Crippen LogP contribution in [0.15, 0.2) is 0 Å². The van der Waals surface area contributed by atoms with E-state index < -0.39 is 0 Å². The monoisotopic (exact) mass is 280 g/mol. The van der Waals surface area contributed by atoms with Gasteiger partial charge in [-0.1, -0.05) is 0 Å². The molecule has 0 saturated carbocycles. The number of rotatable bonds is 0. The maximum Gasteiger partial charge on any atom is -0.0149 e. The average molecular weight is 281 g/mol. The third kappa shape index (κ3) is 20.4. The van der Waals surface area contributed by atoms with Crippen molar-refractivity contribution in [3.05, 3.63) is 0 Å². The van der Waals surface area contributed by atoms with Crippen LogP contribution in [-0.2, 0) is 0 Å². The Kier molecular flexibility index (Phi) is 152. The first-order chi connectivity index (χ1) is 1.00. The van der Waals surface area contributed by atoms with Gasteiger partial charge in [-0.15, -0.1) is 0 Å². The zero-order chi connectivity index (χ0) is 2.00. The van der Waals surface area contributed by atoms with E-state index in [-0.39, 0.29) is 56.6 Å². The Morgan fingerprint density at radius 3 is 1.20 bits per heavy atom. The van der Waals surface area contributed by atoms with Crippen molar-refractivity contribution in [1.29, 1.82) is 0 Å². The van der Waals surface area contributed by atoms with E-state index >= 15 is 0 Å². The zero-order valence-electron chi connectivity index (χ0n) is 1.02. The molecule has 0 N–H and O–H groups in total. The molecule has 0 aromatic rings. The van der Waals surface area contributed by atoms with E-state index in [1.165, 1.54) is 0 Å². The van der Waals surface area contributed by atoms with Crippen LogP contribution in [0.3, 0.4) is 0 Å². The van der Waals surface area contributed by atoms with Crippen LogP contribution in [0, 0.1) is 0 Å². The largest absolute Gasteiger partial charge is 0.0149 e. The van der Waals surface area contributed by atoms with E-state index in [4.69, 9.17) is 0 Å². The van der Waals surface area contributed by atoms with Crippen molar-refractivity contribution >= 4 is 79.0 Å². The van der Waals surface area contributed by atoms with Gasteiger partial charge in [-0.05, 0) is 11.0 Å². The summed E-state index contributed by atoms with van der Waals surface area (Å²) < 4.78 is 0. The first kappa shape index (κ1) is 25.3. The van der Waals surface area contributed by atoms with Crippen molar-refractivity contribution in [2.75, 3.05) is 0 Å². The van der Waals surface area contributed by atoms with E-state index in [1.54, 1.807) is 0 Å². The van der Waals surface area contributed by atoms with E-state index in [1.807, 2.05) is 0 Å². The van der Waals surface area contributed by atoms with E-state index in [0.717, 1.165) is 0 Å². The Labute approximate surface area is 78.0 Å². The summed E-state index contributed by atoms with van der Waals surface area (Å²) in [7, 11) is 3.44. The molecule has 0 atom stereocenters. The van der Waals surface area contributed by atoms with Crippen molar-refractivity contribution in [2.45, 2.75) is 0 Å². The van der Waals surface area contributed by atoms with Gasteiger partial charge in [-0.2, -0.15) is 0 Å². The summed E-state index contributed by atoms with van der Waals surface area (Å²) in [5.74, 6) is 0. The minimum absolute atomic E-state index is 0. The molecule has 0 aromatic heterocycles. The molecule has 5 heavy (non-hydrogen) atoms. The summed E-state index contributed by atoms with van der Waals surface area (Å²) in [4.78, 5) is 0. The van der Waals surface area contributed by atoms with Gasteiger partial charge < -0.3 is 0 Å². The van der Waals surface area contributed by atoms with Crippen LogP contribution >= 0.6 is 7.23 Å². The molecule has 28 valence electrons. The molecule has 0 aliphatic heterocycles. The Bertz CT molecular complexity index is 16.4. The molecule has 0 radical (unpaired) electrons. The van der Waals surface area contributed by atoms with Gasteiger partial charge in [0.2, 0.25) is 0 Å². The Hall–Kier alpha value is 2.69. The van der Waals surface area contributed by atoms with Gasteiger partial charge in [0.1, 0.15) is 0 Å². The van der Waals surface area contributed by atoms with Crippen LogP contribution in [0.5, 0.6) is 0 Å². The normalized spacial score (nSPS) is 1.00. The van der Waals surface area contributed by atoms with Crippen LogP contribution in [0.2, 0.25) is 0 Å². The smallest absolute Gasteiger partial charge is 0.0149 e. The van der Waals surface area contributed by atoms with E-state index in [0.29, 0.717) is 0 Å². The van der Waals surface area contributed by atoms with Gasteiger partial charge in [-0.3, -0.25) is 0 Å².